The molecular weight excluding hydrogens is 210 g/mol. The molecule has 1 saturated heterocycles. The van der Waals surface area contributed by atoms with Crippen LogP contribution in [0.5, 0.6) is 0 Å². The largest absolute Gasteiger partial charge is 0.378 e. The molecule has 0 unspecified atom stereocenters. The summed E-state index contributed by atoms with van der Waals surface area (Å²) in [6.07, 6.45) is 6.81. The molecule has 0 aromatic heterocycles. The first-order valence-corrected chi connectivity index (χ1v) is 7.50. The van der Waals surface area contributed by atoms with Gasteiger partial charge in [-0.2, -0.15) is 0 Å². The van der Waals surface area contributed by atoms with Crippen molar-refractivity contribution in [2.75, 3.05) is 19.7 Å². The van der Waals surface area contributed by atoms with Crippen LogP contribution in [0, 0.1) is 5.92 Å². The summed E-state index contributed by atoms with van der Waals surface area (Å²) >= 11 is 0. The zero-order valence-electron chi connectivity index (χ0n) is 12.2. The number of likely N-dealkylation sites (tertiary alicyclic amines) is 1. The number of hydrogen-bond acceptors (Lipinski definition) is 2. The fourth-order valence-corrected chi connectivity index (χ4v) is 2.47. The van der Waals surface area contributed by atoms with Crippen molar-refractivity contribution in [2.45, 2.75) is 71.9 Å². The maximum absolute atomic E-state index is 5.95. The molecule has 0 amide bonds. The number of ether oxygens (including phenoxy) is 1. The van der Waals surface area contributed by atoms with Crippen molar-refractivity contribution in [1.29, 1.82) is 0 Å². The summed E-state index contributed by atoms with van der Waals surface area (Å²) in [7, 11) is 0. The summed E-state index contributed by atoms with van der Waals surface area (Å²) < 4.78 is 5.95. The predicted molar refractivity (Wildman–Crippen MR) is 74.4 cm³/mol. The zero-order valence-corrected chi connectivity index (χ0v) is 12.2. The Bertz CT molecular complexity index is 185. The van der Waals surface area contributed by atoms with Crippen LogP contribution in [0.1, 0.15) is 59.8 Å². The fourth-order valence-electron chi connectivity index (χ4n) is 2.47. The quantitative estimate of drug-likeness (QED) is 0.630. The smallest absolute Gasteiger partial charge is 0.0599 e. The first-order valence-electron chi connectivity index (χ1n) is 7.50. The highest BCUT2D eigenvalue weighted by Gasteiger charge is 2.24. The third-order valence-corrected chi connectivity index (χ3v) is 4.12. The number of nitrogens with zero attached hydrogens (tertiary/aromatic N) is 1. The highest BCUT2D eigenvalue weighted by molar-refractivity contribution is 4.78. The summed E-state index contributed by atoms with van der Waals surface area (Å²) in [6, 6.07) is 0.719. The second-order valence-corrected chi connectivity index (χ2v) is 5.80. The van der Waals surface area contributed by atoms with Gasteiger partial charge in [0.2, 0.25) is 0 Å². The Morgan fingerprint density at radius 3 is 2.29 bits per heavy atom. The van der Waals surface area contributed by atoms with Crippen molar-refractivity contribution in [3.63, 3.8) is 0 Å². The van der Waals surface area contributed by atoms with Crippen LogP contribution in [0.4, 0.5) is 0 Å². The number of rotatable bonds is 7. The first kappa shape index (κ1) is 15.0. The molecule has 0 saturated carbocycles. The van der Waals surface area contributed by atoms with Gasteiger partial charge >= 0.3 is 0 Å². The third-order valence-electron chi connectivity index (χ3n) is 4.12. The van der Waals surface area contributed by atoms with Gasteiger partial charge < -0.3 is 9.64 Å². The van der Waals surface area contributed by atoms with Crippen LogP contribution in [-0.4, -0.2) is 36.7 Å². The van der Waals surface area contributed by atoms with Gasteiger partial charge in [0.15, 0.2) is 0 Å². The third kappa shape index (κ3) is 5.39. The highest BCUT2D eigenvalue weighted by Crippen LogP contribution is 2.19. The van der Waals surface area contributed by atoms with Crippen molar-refractivity contribution >= 4 is 0 Å². The summed E-state index contributed by atoms with van der Waals surface area (Å²) in [4.78, 5) is 2.62. The maximum atomic E-state index is 5.95. The van der Waals surface area contributed by atoms with Gasteiger partial charge in [0.1, 0.15) is 0 Å². The molecule has 1 aliphatic rings. The average Bonchev–Trinajstić information content (AvgIpc) is 2.34. The second-order valence-electron chi connectivity index (χ2n) is 5.80. The minimum Gasteiger partial charge on any atom is -0.378 e. The SMILES string of the molecule is CCCCCOC1CCN([C@H](C)C(C)C)CC1. The molecule has 0 aliphatic carbocycles. The molecule has 0 N–H and O–H groups in total. The number of hydrogen-bond donors (Lipinski definition) is 0. The monoisotopic (exact) mass is 241 g/mol. The van der Waals surface area contributed by atoms with Gasteiger partial charge in [-0.15, -0.1) is 0 Å². The molecule has 2 heteroatoms. The van der Waals surface area contributed by atoms with E-state index in [1.54, 1.807) is 0 Å². The van der Waals surface area contributed by atoms with E-state index >= 15 is 0 Å². The van der Waals surface area contributed by atoms with Gasteiger partial charge in [0, 0.05) is 25.7 Å². The molecule has 1 rings (SSSR count). The normalized spacial score (nSPS) is 21.0. The number of unbranched alkanes of at least 4 members (excludes halogenated alkanes) is 2. The van der Waals surface area contributed by atoms with E-state index in [2.05, 4.69) is 32.6 Å². The zero-order chi connectivity index (χ0) is 12.7. The summed E-state index contributed by atoms with van der Waals surface area (Å²) in [6.45, 7) is 12.6. The molecule has 1 fully saturated rings. The van der Waals surface area contributed by atoms with E-state index in [1.165, 1.54) is 45.2 Å². The van der Waals surface area contributed by atoms with E-state index < -0.39 is 0 Å². The minimum absolute atomic E-state index is 0.530. The van der Waals surface area contributed by atoms with Crippen molar-refractivity contribution in [3.05, 3.63) is 0 Å². The molecule has 17 heavy (non-hydrogen) atoms. The lowest BCUT2D eigenvalue weighted by Gasteiger charge is -2.37. The molecule has 0 aromatic carbocycles. The Labute approximate surface area is 108 Å². The van der Waals surface area contributed by atoms with E-state index in [0.717, 1.165) is 18.6 Å². The molecule has 0 bridgehead atoms. The molecule has 1 aliphatic heterocycles. The van der Waals surface area contributed by atoms with Crippen LogP contribution in [0.2, 0.25) is 0 Å². The van der Waals surface area contributed by atoms with Crippen molar-refractivity contribution in [3.8, 4) is 0 Å². The van der Waals surface area contributed by atoms with E-state index in [9.17, 15) is 0 Å². The van der Waals surface area contributed by atoms with E-state index in [0.29, 0.717) is 6.10 Å². The molecular formula is C15H31NO. The first-order chi connectivity index (χ1) is 8.15. The van der Waals surface area contributed by atoms with Crippen LogP contribution in [0.15, 0.2) is 0 Å². The molecule has 0 radical (unpaired) electrons. The van der Waals surface area contributed by atoms with Crippen LogP contribution in [0.3, 0.4) is 0 Å². The molecule has 0 aromatic rings. The van der Waals surface area contributed by atoms with Gasteiger partial charge in [-0.25, -0.2) is 0 Å². The van der Waals surface area contributed by atoms with E-state index in [1.807, 2.05) is 0 Å². The maximum Gasteiger partial charge on any atom is 0.0599 e. The highest BCUT2D eigenvalue weighted by atomic mass is 16.5. The van der Waals surface area contributed by atoms with Gasteiger partial charge in [-0.1, -0.05) is 33.6 Å². The van der Waals surface area contributed by atoms with Gasteiger partial charge in [0.05, 0.1) is 6.10 Å². The molecule has 0 spiro atoms. The van der Waals surface area contributed by atoms with Crippen molar-refractivity contribution < 1.29 is 4.74 Å². The number of piperidine rings is 1. The molecule has 1 heterocycles. The van der Waals surface area contributed by atoms with Crippen LogP contribution in [-0.2, 0) is 4.74 Å². The Balaban J connectivity index is 2.13. The van der Waals surface area contributed by atoms with Crippen LogP contribution in [0.25, 0.3) is 0 Å². The van der Waals surface area contributed by atoms with E-state index in [-0.39, 0.29) is 0 Å². The summed E-state index contributed by atoms with van der Waals surface area (Å²) in [5, 5.41) is 0. The van der Waals surface area contributed by atoms with Gasteiger partial charge in [-0.3, -0.25) is 0 Å². The van der Waals surface area contributed by atoms with Crippen molar-refractivity contribution in [2.24, 2.45) is 5.92 Å². The average molecular weight is 241 g/mol. The lowest BCUT2D eigenvalue weighted by atomic mass is 10.00. The summed E-state index contributed by atoms with van der Waals surface area (Å²) in [5.41, 5.74) is 0. The molecule has 102 valence electrons. The predicted octanol–water partition coefficient (Wildman–Crippen LogP) is 3.70. The lowest BCUT2D eigenvalue weighted by Crippen LogP contribution is -2.44. The Morgan fingerprint density at radius 2 is 1.76 bits per heavy atom. The minimum atomic E-state index is 0.530. The Morgan fingerprint density at radius 1 is 1.12 bits per heavy atom. The standard InChI is InChI=1S/C15H31NO/c1-5-6-7-12-17-15-8-10-16(11-9-15)14(4)13(2)3/h13-15H,5-12H2,1-4H3/t14-/m1/s1. The second kappa shape index (κ2) is 8.10. The van der Waals surface area contributed by atoms with Crippen LogP contribution >= 0.6 is 0 Å². The Hall–Kier alpha value is -0.0800. The molecule has 1 atom stereocenters. The summed E-state index contributed by atoms with van der Waals surface area (Å²) in [5.74, 6) is 0.761. The van der Waals surface area contributed by atoms with Gasteiger partial charge in [0.25, 0.3) is 0 Å². The lowest BCUT2D eigenvalue weighted by molar-refractivity contribution is -0.00603. The Kier molecular flexibility index (Phi) is 7.14. The van der Waals surface area contributed by atoms with Crippen LogP contribution < -0.4 is 0 Å². The topological polar surface area (TPSA) is 12.5 Å². The van der Waals surface area contributed by atoms with Crippen molar-refractivity contribution in [1.82, 2.24) is 4.90 Å². The fraction of sp³-hybridized carbons (Fsp3) is 1.00. The molecule has 2 nitrogen and oxygen atoms in total. The van der Waals surface area contributed by atoms with E-state index in [4.69, 9.17) is 4.74 Å². The van der Waals surface area contributed by atoms with Gasteiger partial charge in [-0.05, 0) is 32.1 Å².